The summed E-state index contributed by atoms with van der Waals surface area (Å²) in [5.41, 5.74) is 2.27. The summed E-state index contributed by atoms with van der Waals surface area (Å²) in [6.07, 6.45) is 8.65. The summed E-state index contributed by atoms with van der Waals surface area (Å²) in [7, 11) is 1.91. The summed E-state index contributed by atoms with van der Waals surface area (Å²) < 4.78 is 1.78. The second-order valence-electron chi connectivity index (χ2n) is 5.68. The summed E-state index contributed by atoms with van der Waals surface area (Å²) in [6.45, 7) is 7.60. The van der Waals surface area contributed by atoms with Crippen molar-refractivity contribution in [2.75, 3.05) is 6.54 Å². The molecule has 1 atom stereocenters. The number of hydrogen-bond acceptors (Lipinski definition) is 2. The highest BCUT2D eigenvalue weighted by molar-refractivity contribution is 6.30. The molecule has 0 bridgehead atoms. The molecule has 1 unspecified atom stereocenters. The van der Waals surface area contributed by atoms with Gasteiger partial charge in [-0.1, -0.05) is 51.1 Å². The average molecular weight is 300 g/mol. The number of nitrogens with one attached hydrogen (secondary N) is 1. The molecule has 0 spiro atoms. The number of aryl methyl sites for hydroxylation is 2. The van der Waals surface area contributed by atoms with Crippen LogP contribution in [0.4, 0.5) is 0 Å². The molecule has 1 N–H and O–H groups in total. The molecule has 0 fully saturated rings. The lowest BCUT2D eigenvalue weighted by Gasteiger charge is -2.18. The molecule has 4 heteroatoms. The van der Waals surface area contributed by atoms with Crippen LogP contribution in [0.5, 0.6) is 0 Å². The molecule has 1 aromatic rings. The fourth-order valence-corrected chi connectivity index (χ4v) is 2.85. The number of aromatic nitrogens is 2. The summed E-state index contributed by atoms with van der Waals surface area (Å²) in [5, 5.41) is 8.86. The fraction of sp³-hybridized carbons (Fsp3) is 0.812. The summed E-state index contributed by atoms with van der Waals surface area (Å²) >= 11 is 6.35. The van der Waals surface area contributed by atoms with Gasteiger partial charge in [0.2, 0.25) is 0 Å². The Morgan fingerprint density at radius 1 is 1.20 bits per heavy atom. The molecule has 0 amide bonds. The van der Waals surface area contributed by atoms with Crippen LogP contribution in [0.1, 0.15) is 63.6 Å². The number of nitrogens with zero attached hydrogens (tertiary/aromatic N) is 2. The fourth-order valence-electron chi connectivity index (χ4n) is 2.59. The van der Waals surface area contributed by atoms with E-state index in [0.717, 1.165) is 23.8 Å². The van der Waals surface area contributed by atoms with Crippen LogP contribution in [0.15, 0.2) is 0 Å². The molecule has 3 nitrogen and oxygen atoms in total. The summed E-state index contributed by atoms with van der Waals surface area (Å²) in [5.74, 6) is 0. The third kappa shape index (κ3) is 5.45. The van der Waals surface area contributed by atoms with Gasteiger partial charge in [0, 0.05) is 18.7 Å². The van der Waals surface area contributed by atoms with Crippen LogP contribution in [-0.2, 0) is 13.5 Å². The van der Waals surface area contributed by atoms with Crippen molar-refractivity contribution in [2.24, 2.45) is 7.05 Å². The minimum atomic E-state index is 0.521. The largest absolute Gasteiger partial charge is 0.314 e. The molecule has 1 rings (SSSR count). The van der Waals surface area contributed by atoms with Crippen molar-refractivity contribution in [1.82, 2.24) is 15.1 Å². The van der Waals surface area contributed by atoms with Gasteiger partial charge < -0.3 is 5.32 Å². The van der Waals surface area contributed by atoms with Crippen molar-refractivity contribution in [3.8, 4) is 0 Å². The van der Waals surface area contributed by atoms with Gasteiger partial charge in [-0.3, -0.25) is 4.68 Å². The minimum absolute atomic E-state index is 0.521. The molecule has 0 aliphatic heterocycles. The van der Waals surface area contributed by atoms with E-state index in [4.69, 9.17) is 11.6 Å². The first kappa shape index (κ1) is 17.5. The van der Waals surface area contributed by atoms with E-state index < -0.39 is 0 Å². The quantitative estimate of drug-likeness (QED) is 0.654. The van der Waals surface area contributed by atoms with Crippen molar-refractivity contribution >= 4 is 11.6 Å². The number of hydrogen-bond donors (Lipinski definition) is 1. The number of halogens is 1. The van der Waals surface area contributed by atoms with Crippen molar-refractivity contribution in [2.45, 2.75) is 71.8 Å². The van der Waals surface area contributed by atoms with Crippen LogP contribution in [0.2, 0.25) is 5.15 Å². The Balaban J connectivity index is 2.58. The highest BCUT2D eigenvalue weighted by atomic mass is 35.5. The van der Waals surface area contributed by atoms with Gasteiger partial charge in [0.05, 0.1) is 5.69 Å². The average Bonchev–Trinajstić information content (AvgIpc) is 2.66. The van der Waals surface area contributed by atoms with Crippen molar-refractivity contribution in [1.29, 1.82) is 0 Å². The molecule has 0 saturated carbocycles. The lowest BCUT2D eigenvalue weighted by molar-refractivity contribution is 0.452. The van der Waals surface area contributed by atoms with Gasteiger partial charge in [0.25, 0.3) is 0 Å². The van der Waals surface area contributed by atoms with E-state index >= 15 is 0 Å². The van der Waals surface area contributed by atoms with Gasteiger partial charge in [0.1, 0.15) is 5.15 Å². The Bertz CT molecular complexity index is 387. The third-order valence-electron chi connectivity index (χ3n) is 3.81. The van der Waals surface area contributed by atoms with Gasteiger partial charge in [-0.2, -0.15) is 5.10 Å². The van der Waals surface area contributed by atoms with Gasteiger partial charge >= 0.3 is 0 Å². The van der Waals surface area contributed by atoms with Crippen LogP contribution >= 0.6 is 11.6 Å². The van der Waals surface area contributed by atoms with Crippen molar-refractivity contribution in [3.05, 3.63) is 16.4 Å². The molecule has 0 aromatic carbocycles. The predicted octanol–water partition coefficient (Wildman–Crippen LogP) is 4.26. The molecule has 0 aliphatic rings. The van der Waals surface area contributed by atoms with E-state index in [0.29, 0.717) is 6.04 Å². The van der Waals surface area contributed by atoms with Crippen LogP contribution in [0.3, 0.4) is 0 Å². The summed E-state index contributed by atoms with van der Waals surface area (Å²) in [4.78, 5) is 0. The Hall–Kier alpha value is -0.540. The molecule has 0 radical (unpaired) electrons. The molecule has 0 saturated heterocycles. The standard InChI is InChI=1S/C16H30ClN3/c1-5-7-8-9-10-14(18-11-6-2)12-15-13(3)19-20(4)16(15)17/h14,18H,5-12H2,1-4H3. The second kappa shape index (κ2) is 9.41. The van der Waals surface area contributed by atoms with E-state index in [1.54, 1.807) is 4.68 Å². The predicted molar refractivity (Wildman–Crippen MR) is 87.5 cm³/mol. The van der Waals surface area contributed by atoms with E-state index in [9.17, 15) is 0 Å². The second-order valence-corrected chi connectivity index (χ2v) is 6.04. The topological polar surface area (TPSA) is 29.9 Å². The Kier molecular flexibility index (Phi) is 8.24. The van der Waals surface area contributed by atoms with Gasteiger partial charge in [-0.05, 0) is 32.7 Å². The first-order valence-electron chi connectivity index (χ1n) is 8.01. The van der Waals surface area contributed by atoms with Crippen LogP contribution in [0, 0.1) is 6.92 Å². The molecule has 116 valence electrons. The van der Waals surface area contributed by atoms with Crippen molar-refractivity contribution < 1.29 is 0 Å². The highest BCUT2D eigenvalue weighted by Gasteiger charge is 2.16. The lowest BCUT2D eigenvalue weighted by Crippen LogP contribution is -2.32. The van der Waals surface area contributed by atoms with E-state index in [1.807, 2.05) is 7.05 Å². The molecular weight excluding hydrogens is 270 g/mol. The normalized spacial score (nSPS) is 12.8. The zero-order valence-corrected chi connectivity index (χ0v) is 14.3. The van der Waals surface area contributed by atoms with Crippen LogP contribution in [0.25, 0.3) is 0 Å². The first-order valence-corrected chi connectivity index (χ1v) is 8.39. The Morgan fingerprint density at radius 2 is 1.95 bits per heavy atom. The molecule has 1 aromatic heterocycles. The maximum absolute atomic E-state index is 6.35. The maximum atomic E-state index is 6.35. The SMILES string of the molecule is CCCCCCC(Cc1c(C)nn(C)c1Cl)NCCC. The Labute approximate surface area is 129 Å². The van der Waals surface area contributed by atoms with E-state index in [-0.39, 0.29) is 0 Å². The van der Waals surface area contributed by atoms with Gasteiger partial charge in [0.15, 0.2) is 0 Å². The van der Waals surface area contributed by atoms with Crippen LogP contribution < -0.4 is 5.32 Å². The van der Waals surface area contributed by atoms with Crippen molar-refractivity contribution in [3.63, 3.8) is 0 Å². The van der Waals surface area contributed by atoms with E-state index in [1.165, 1.54) is 44.1 Å². The number of rotatable bonds is 10. The van der Waals surface area contributed by atoms with E-state index in [2.05, 4.69) is 31.2 Å². The molecule has 0 aliphatic carbocycles. The molecular formula is C16H30ClN3. The molecule has 1 heterocycles. The number of unbranched alkanes of at least 4 members (excludes halogenated alkanes) is 3. The summed E-state index contributed by atoms with van der Waals surface area (Å²) in [6, 6.07) is 0.521. The molecule has 20 heavy (non-hydrogen) atoms. The minimum Gasteiger partial charge on any atom is -0.314 e. The Morgan fingerprint density at radius 3 is 2.50 bits per heavy atom. The van der Waals surface area contributed by atoms with Gasteiger partial charge in [-0.15, -0.1) is 0 Å². The zero-order valence-electron chi connectivity index (χ0n) is 13.5. The lowest BCUT2D eigenvalue weighted by atomic mass is 10.0. The third-order valence-corrected chi connectivity index (χ3v) is 4.28. The van der Waals surface area contributed by atoms with Crippen LogP contribution in [-0.4, -0.2) is 22.4 Å². The smallest absolute Gasteiger partial charge is 0.130 e. The van der Waals surface area contributed by atoms with Gasteiger partial charge in [-0.25, -0.2) is 0 Å². The highest BCUT2D eigenvalue weighted by Crippen LogP contribution is 2.21. The monoisotopic (exact) mass is 299 g/mol. The first-order chi connectivity index (χ1) is 9.60. The maximum Gasteiger partial charge on any atom is 0.130 e. The zero-order chi connectivity index (χ0) is 15.0.